The molecule has 164 valence electrons. The maximum absolute atomic E-state index is 14.7. The van der Waals surface area contributed by atoms with Gasteiger partial charge in [-0.2, -0.15) is 0 Å². The van der Waals surface area contributed by atoms with Gasteiger partial charge in [0.2, 0.25) is 0 Å². The Bertz CT molecular complexity index is 822. The van der Waals surface area contributed by atoms with Crippen LogP contribution in [0.25, 0.3) is 0 Å². The first-order valence-corrected chi connectivity index (χ1v) is 10.0. The highest BCUT2D eigenvalue weighted by Gasteiger charge is 2.50. The van der Waals surface area contributed by atoms with Crippen LogP contribution in [0.1, 0.15) is 44.4 Å². The number of hydrogen-bond acceptors (Lipinski definition) is 4. The molecule has 3 atom stereocenters. The zero-order valence-electron chi connectivity index (χ0n) is 17.5. The minimum Gasteiger partial charge on any atom is -0.444 e. The first-order valence-electron chi connectivity index (χ1n) is 10.0. The number of amides is 2. The molecule has 1 N–H and O–H groups in total. The van der Waals surface area contributed by atoms with Crippen LogP contribution in [0.2, 0.25) is 0 Å². The van der Waals surface area contributed by atoms with Gasteiger partial charge in [0, 0.05) is 13.0 Å². The number of benzene rings is 1. The number of rotatable bonds is 3. The van der Waals surface area contributed by atoms with Crippen LogP contribution in [0.4, 0.5) is 13.6 Å². The van der Waals surface area contributed by atoms with Crippen molar-refractivity contribution in [1.82, 2.24) is 10.2 Å². The minimum absolute atomic E-state index is 0.391. The second kappa shape index (κ2) is 8.34. The number of halogens is 2. The molecule has 0 saturated carbocycles. The maximum Gasteiger partial charge on any atom is 0.408 e. The Labute approximate surface area is 175 Å². The normalized spacial score (nSPS) is 25.8. The van der Waals surface area contributed by atoms with Crippen LogP contribution < -0.4 is 5.32 Å². The molecule has 2 aliphatic rings. The summed E-state index contributed by atoms with van der Waals surface area (Å²) in [5.74, 6) is -3.81. The molecule has 2 aliphatic heterocycles. The average molecular weight is 422 g/mol. The molecule has 0 radical (unpaired) electrons. The number of fused-ring (bicyclic) bond motifs is 1. The number of nitrogens with one attached hydrogen (secondary N) is 1. The smallest absolute Gasteiger partial charge is 0.408 e. The van der Waals surface area contributed by atoms with Gasteiger partial charge in [0.25, 0.3) is 11.8 Å². The van der Waals surface area contributed by atoms with Crippen molar-refractivity contribution < 1.29 is 27.8 Å². The van der Waals surface area contributed by atoms with Crippen LogP contribution in [0.15, 0.2) is 36.9 Å². The fraction of sp³-hybridized carbons (Fsp3) is 0.545. The highest BCUT2D eigenvalue weighted by molar-refractivity contribution is 5.82. The molecular formula is C22H28F2N2O4. The monoisotopic (exact) mass is 422 g/mol. The quantitative estimate of drug-likeness (QED) is 0.756. The Morgan fingerprint density at radius 1 is 1.33 bits per heavy atom. The van der Waals surface area contributed by atoms with Crippen LogP contribution in [-0.4, -0.2) is 53.7 Å². The van der Waals surface area contributed by atoms with E-state index in [0.29, 0.717) is 13.0 Å². The van der Waals surface area contributed by atoms with Gasteiger partial charge in [-0.3, -0.25) is 4.79 Å². The Morgan fingerprint density at radius 2 is 2.03 bits per heavy atom. The van der Waals surface area contributed by atoms with E-state index in [0.717, 1.165) is 11.1 Å². The van der Waals surface area contributed by atoms with E-state index in [1.807, 2.05) is 24.3 Å². The molecule has 0 unspecified atom stereocenters. The summed E-state index contributed by atoms with van der Waals surface area (Å²) < 4.78 is 40.0. The Morgan fingerprint density at radius 3 is 2.67 bits per heavy atom. The molecule has 6 nitrogen and oxygen atoms in total. The van der Waals surface area contributed by atoms with Gasteiger partial charge in [-0.1, -0.05) is 30.3 Å². The third-order valence-corrected chi connectivity index (χ3v) is 5.24. The number of carbonyl (C=O) groups is 2. The standard InChI is InChI=1S/C22H28F2N2O4/c1-5-16-15-9-7-6-8-14(15)10-11-26(16)19(27)17-12-22(23,24)18(13-29-17)25-20(28)30-21(2,3)4/h5-9,16-18H,1,10-13H2,2-4H3,(H,25,28)/t16-,17-,18-/m0/s1. The summed E-state index contributed by atoms with van der Waals surface area (Å²) in [4.78, 5) is 26.5. The van der Waals surface area contributed by atoms with E-state index >= 15 is 0 Å². The van der Waals surface area contributed by atoms with Crippen LogP contribution in [0.5, 0.6) is 0 Å². The van der Waals surface area contributed by atoms with Crippen molar-refractivity contribution in [3.05, 3.63) is 48.0 Å². The molecule has 1 fully saturated rings. The van der Waals surface area contributed by atoms with Crippen molar-refractivity contribution in [2.75, 3.05) is 13.2 Å². The van der Waals surface area contributed by atoms with Crippen LogP contribution >= 0.6 is 0 Å². The van der Waals surface area contributed by atoms with E-state index in [4.69, 9.17) is 9.47 Å². The number of alkyl carbamates (subject to hydrolysis) is 1. The number of nitrogens with zero attached hydrogens (tertiary/aromatic N) is 1. The van der Waals surface area contributed by atoms with Gasteiger partial charge in [0.15, 0.2) is 0 Å². The SMILES string of the molecule is C=C[C@H]1c2ccccc2CCN1C(=O)[C@@H]1CC(F)(F)[C@@H](NC(=O)OC(C)(C)C)CO1. The van der Waals surface area contributed by atoms with Gasteiger partial charge >= 0.3 is 6.09 Å². The molecule has 1 aromatic rings. The molecule has 0 spiro atoms. The molecule has 0 aromatic heterocycles. The summed E-state index contributed by atoms with van der Waals surface area (Å²) in [5, 5.41) is 2.16. The van der Waals surface area contributed by atoms with Crippen LogP contribution in [-0.2, 0) is 20.7 Å². The molecular weight excluding hydrogens is 394 g/mol. The topological polar surface area (TPSA) is 67.9 Å². The van der Waals surface area contributed by atoms with Crippen molar-refractivity contribution in [2.24, 2.45) is 0 Å². The lowest BCUT2D eigenvalue weighted by Crippen LogP contribution is -2.59. The molecule has 30 heavy (non-hydrogen) atoms. The van der Waals surface area contributed by atoms with Crippen molar-refractivity contribution in [2.45, 2.75) is 63.3 Å². The number of carbonyl (C=O) groups excluding carboxylic acids is 2. The van der Waals surface area contributed by atoms with Gasteiger partial charge in [-0.05, 0) is 38.3 Å². The van der Waals surface area contributed by atoms with E-state index in [1.54, 1.807) is 26.8 Å². The first kappa shape index (κ1) is 22.2. The lowest BCUT2D eigenvalue weighted by molar-refractivity contribution is -0.175. The molecule has 2 amide bonds. The molecule has 3 rings (SSSR count). The Kier molecular flexibility index (Phi) is 6.17. The number of alkyl halides is 2. The molecule has 0 aliphatic carbocycles. The summed E-state index contributed by atoms with van der Waals surface area (Å²) in [5.41, 5.74) is 1.25. The summed E-state index contributed by atoms with van der Waals surface area (Å²) in [6.07, 6.45) is -0.764. The first-order chi connectivity index (χ1) is 14.0. The molecule has 1 aromatic carbocycles. The summed E-state index contributed by atoms with van der Waals surface area (Å²) >= 11 is 0. The highest BCUT2D eigenvalue weighted by atomic mass is 19.3. The second-order valence-corrected chi connectivity index (χ2v) is 8.65. The van der Waals surface area contributed by atoms with E-state index in [2.05, 4.69) is 11.9 Å². The van der Waals surface area contributed by atoms with Crippen LogP contribution in [0.3, 0.4) is 0 Å². The van der Waals surface area contributed by atoms with Crippen molar-refractivity contribution >= 4 is 12.0 Å². The van der Waals surface area contributed by atoms with Crippen LogP contribution in [0, 0.1) is 0 Å². The third kappa shape index (κ3) is 4.80. The van der Waals surface area contributed by atoms with Gasteiger partial charge in [-0.15, -0.1) is 6.58 Å². The Hall–Kier alpha value is -2.48. The fourth-order valence-electron chi connectivity index (χ4n) is 3.82. The number of ether oxygens (including phenoxy) is 2. The lowest BCUT2D eigenvalue weighted by Gasteiger charge is -2.41. The van der Waals surface area contributed by atoms with Gasteiger partial charge < -0.3 is 19.7 Å². The average Bonchev–Trinajstić information content (AvgIpc) is 2.66. The molecule has 0 bridgehead atoms. The third-order valence-electron chi connectivity index (χ3n) is 5.24. The molecule has 8 heteroatoms. The summed E-state index contributed by atoms with van der Waals surface area (Å²) in [7, 11) is 0. The number of hydrogen-bond donors (Lipinski definition) is 1. The molecule has 1 saturated heterocycles. The Balaban J connectivity index is 1.68. The van der Waals surface area contributed by atoms with E-state index < -0.39 is 54.7 Å². The minimum atomic E-state index is -3.31. The highest BCUT2D eigenvalue weighted by Crippen LogP contribution is 2.35. The van der Waals surface area contributed by atoms with E-state index in [1.165, 1.54) is 4.90 Å². The predicted molar refractivity (Wildman–Crippen MR) is 107 cm³/mol. The van der Waals surface area contributed by atoms with Crippen molar-refractivity contribution in [3.8, 4) is 0 Å². The fourth-order valence-corrected chi connectivity index (χ4v) is 3.82. The van der Waals surface area contributed by atoms with E-state index in [9.17, 15) is 18.4 Å². The van der Waals surface area contributed by atoms with Gasteiger partial charge in [-0.25, -0.2) is 13.6 Å². The zero-order chi connectivity index (χ0) is 22.1. The van der Waals surface area contributed by atoms with Crippen molar-refractivity contribution in [1.29, 1.82) is 0 Å². The summed E-state index contributed by atoms with van der Waals surface area (Å²) in [6, 6.07) is 5.76. The maximum atomic E-state index is 14.7. The zero-order valence-corrected chi connectivity index (χ0v) is 17.5. The predicted octanol–water partition coefficient (Wildman–Crippen LogP) is 3.62. The van der Waals surface area contributed by atoms with Gasteiger partial charge in [0.1, 0.15) is 17.7 Å². The van der Waals surface area contributed by atoms with Gasteiger partial charge in [0.05, 0.1) is 12.6 Å². The largest absolute Gasteiger partial charge is 0.444 e. The lowest BCUT2D eigenvalue weighted by atomic mass is 9.91. The molecule has 2 heterocycles. The van der Waals surface area contributed by atoms with E-state index in [-0.39, 0.29) is 0 Å². The summed E-state index contributed by atoms with van der Waals surface area (Å²) in [6.45, 7) is 8.67. The second-order valence-electron chi connectivity index (χ2n) is 8.65. The van der Waals surface area contributed by atoms with Crippen molar-refractivity contribution in [3.63, 3.8) is 0 Å².